The first-order valence-electron chi connectivity index (χ1n) is 6.13. The minimum Gasteiger partial charge on any atom is -0.493 e. The summed E-state index contributed by atoms with van der Waals surface area (Å²) in [6.45, 7) is 0. The quantitative estimate of drug-likeness (QED) is 0.842. The van der Waals surface area contributed by atoms with Gasteiger partial charge in [-0.15, -0.1) is 0 Å². The molecule has 4 nitrogen and oxygen atoms in total. The zero-order chi connectivity index (χ0) is 16.3. The van der Waals surface area contributed by atoms with Crippen molar-refractivity contribution in [3.63, 3.8) is 0 Å². The summed E-state index contributed by atoms with van der Waals surface area (Å²) in [5.41, 5.74) is 0.798. The molecule has 0 radical (unpaired) electrons. The lowest BCUT2D eigenvalue weighted by molar-refractivity contribution is 0.102. The maximum atomic E-state index is 12.3. The van der Waals surface area contributed by atoms with Crippen LogP contribution in [0.25, 0.3) is 0 Å². The van der Waals surface area contributed by atoms with Crippen molar-refractivity contribution in [1.82, 2.24) is 0 Å². The molecule has 0 fully saturated rings. The lowest BCUT2D eigenvalue weighted by Crippen LogP contribution is -2.12. The Hall–Kier alpha value is -1.62. The predicted molar refractivity (Wildman–Crippen MR) is 89.0 cm³/mol. The third-order valence-electron chi connectivity index (χ3n) is 2.82. The molecule has 0 unspecified atom stereocenters. The number of benzene rings is 2. The molecule has 0 aliphatic carbocycles. The van der Waals surface area contributed by atoms with Crippen LogP contribution in [0.4, 0.5) is 5.69 Å². The van der Waals surface area contributed by atoms with Gasteiger partial charge in [0, 0.05) is 21.3 Å². The highest BCUT2D eigenvalue weighted by atomic mass is 35.5. The fourth-order valence-electron chi connectivity index (χ4n) is 1.88. The van der Waals surface area contributed by atoms with Gasteiger partial charge in [0.05, 0.1) is 19.2 Å². The molecule has 1 amide bonds. The molecule has 2 aromatic carbocycles. The molecule has 2 rings (SSSR count). The monoisotopic (exact) mass is 359 g/mol. The molecule has 0 bridgehead atoms. The molecule has 7 heteroatoms. The van der Waals surface area contributed by atoms with Crippen LogP contribution in [-0.4, -0.2) is 20.1 Å². The fourth-order valence-corrected chi connectivity index (χ4v) is 2.69. The number of carbonyl (C=O) groups excluding carboxylic acids is 1. The Morgan fingerprint density at radius 2 is 1.59 bits per heavy atom. The van der Waals surface area contributed by atoms with Crippen molar-refractivity contribution >= 4 is 46.4 Å². The van der Waals surface area contributed by atoms with Crippen LogP contribution in [0.3, 0.4) is 0 Å². The van der Waals surface area contributed by atoms with E-state index < -0.39 is 0 Å². The van der Waals surface area contributed by atoms with Gasteiger partial charge in [-0.25, -0.2) is 0 Å². The Balaban J connectivity index is 2.31. The van der Waals surface area contributed by atoms with Crippen LogP contribution < -0.4 is 14.8 Å². The Bertz CT molecular complexity index is 699. The number of hydrogen-bond acceptors (Lipinski definition) is 3. The van der Waals surface area contributed by atoms with E-state index >= 15 is 0 Å². The second-order valence-corrected chi connectivity index (χ2v) is 5.59. The highest BCUT2D eigenvalue weighted by Crippen LogP contribution is 2.36. The molecule has 2 aromatic rings. The number of anilines is 1. The number of nitrogens with one attached hydrogen (secondary N) is 1. The molecule has 0 heterocycles. The smallest absolute Gasteiger partial charge is 0.255 e. The van der Waals surface area contributed by atoms with Gasteiger partial charge in [0.2, 0.25) is 0 Å². The Morgan fingerprint density at radius 1 is 0.955 bits per heavy atom. The van der Waals surface area contributed by atoms with Gasteiger partial charge in [-0.05, 0) is 30.3 Å². The van der Waals surface area contributed by atoms with Crippen molar-refractivity contribution in [2.45, 2.75) is 0 Å². The van der Waals surface area contributed by atoms with Crippen molar-refractivity contribution in [2.75, 3.05) is 19.5 Å². The number of ether oxygens (including phenoxy) is 2. The first-order chi connectivity index (χ1) is 10.4. The third kappa shape index (κ3) is 3.77. The number of halogens is 3. The third-order valence-corrected chi connectivity index (χ3v) is 3.53. The average molecular weight is 361 g/mol. The van der Waals surface area contributed by atoms with Gasteiger partial charge in [0.25, 0.3) is 5.91 Å². The van der Waals surface area contributed by atoms with Crippen molar-refractivity contribution in [3.8, 4) is 11.5 Å². The average Bonchev–Trinajstić information content (AvgIpc) is 2.45. The van der Waals surface area contributed by atoms with Gasteiger partial charge in [0.15, 0.2) is 11.5 Å². The highest BCUT2D eigenvalue weighted by Gasteiger charge is 2.15. The van der Waals surface area contributed by atoms with Gasteiger partial charge in [-0.1, -0.05) is 34.8 Å². The van der Waals surface area contributed by atoms with Crippen LogP contribution in [0.15, 0.2) is 30.3 Å². The maximum absolute atomic E-state index is 12.3. The number of hydrogen-bond donors (Lipinski definition) is 1. The van der Waals surface area contributed by atoms with E-state index in [-0.39, 0.29) is 10.9 Å². The first kappa shape index (κ1) is 16.7. The second-order valence-electron chi connectivity index (χ2n) is 4.31. The Labute approximate surface area is 142 Å². The summed E-state index contributed by atoms with van der Waals surface area (Å²) in [5.74, 6) is 0.358. The molecule has 1 N–H and O–H groups in total. The van der Waals surface area contributed by atoms with E-state index in [9.17, 15) is 4.79 Å². The van der Waals surface area contributed by atoms with Crippen LogP contribution in [0.1, 0.15) is 10.4 Å². The molecular weight excluding hydrogens is 349 g/mol. The standard InChI is InChI=1S/C15H12Cl3NO3/c1-21-13-4-8(3-12(18)14(13)22-2)15(20)19-11-6-9(16)5-10(17)7-11/h3-7H,1-2H3,(H,19,20). The fraction of sp³-hybridized carbons (Fsp3) is 0.133. The van der Waals surface area contributed by atoms with E-state index in [1.807, 2.05) is 0 Å². The zero-order valence-electron chi connectivity index (χ0n) is 11.7. The van der Waals surface area contributed by atoms with Crippen LogP contribution in [0, 0.1) is 0 Å². The van der Waals surface area contributed by atoms with Crippen molar-refractivity contribution in [3.05, 3.63) is 51.0 Å². The van der Waals surface area contributed by atoms with Crippen LogP contribution in [-0.2, 0) is 0 Å². The lowest BCUT2D eigenvalue weighted by atomic mass is 10.1. The number of carbonyl (C=O) groups is 1. The molecule has 0 aliphatic rings. The summed E-state index contributed by atoms with van der Waals surface area (Å²) in [6, 6.07) is 7.78. The van der Waals surface area contributed by atoms with Crippen molar-refractivity contribution in [2.24, 2.45) is 0 Å². The molecule has 0 saturated heterocycles. The number of rotatable bonds is 4. The Morgan fingerprint density at radius 3 is 2.14 bits per heavy atom. The molecule has 0 atom stereocenters. The normalized spacial score (nSPS) is 10.2. The summed E-state index contributed by atoms with van der Waals surface area (Å²) < 4.78 is 10.3. The minimum atomic E-state index is -0.374. The molecule has 116 valence electrons. The van der Waals surface area contributed by atoms with Crippen LogP contribution >= 0.6 is 34.8 Å². The van der Waals surface area contributed by atoms with Gasteiger partial charge in [-0.3, -0.25) is 4.79 Å². The van der Waals surface area contributed by atoms with Crippen LogP contribution in [0.5, 0.6) is 11.5 Å². The van der Waals surface area contributed by atoms with E-state index in [0.717, 1.165) is 0 Å². The molecule has 0 aromatic heterocycles. The summed E-state index contributed by atoms with van der Waals surface area (Å²) in [4.78, 5) is 12.3. The van der Waals surface area contributed by atoms with Gasteiger partial charge in [0.1, 0.15) is 0 Å². The molecular formula is C15H12Cl3NO3. The van der Waals surface area contributed by atoms with Gasteiger partial charge >= 0.3 is 0 Å². The zero-order valence-corrected chi connectivity index (χ0v) is 14.0. The maximum Gasteiger partial charge on any atom is 0.255 e. The first-order valence-corrected chi connectivity index (χ1v) is 7.27. The molecule has 0 saturated carbocycles. The van der Waals surface area contributed by atoms with E-state index in [2.05, 4.69) is 5.32 Å². The van der Waals surface area contributed by atoms with E-state index in [1.165, 1.54) is 26.4 Å². The van der Waals surface area contributed by atoms with E-state index in [0.29, 0.717) is 32.8 Å². The number of methoxy groups -OCH3 is 2. The van der Waals surface area contributed by atoms with E-state index in [4.69, 9.17) is 44.3 Å². The number of amides is 1. The molecule has 22 heavy (non-hydrogen) atoms. The summed E-state index contributed by atoms with van der Waals surface area (Å²) in [5, 5.41) is 3.82. The minimum absolute atomic E-state index is 0.274. The van der Waals surface area contributed by atoms with Gasteiger partial charge in [-0.2, -0.15) is 0 Å². The largest absolute Gasteiger partial charge is 0.493 e. The Kier molecular flexibility index (Phi) is 5.40. The predicted octanol–water partition coefficient (Wildman–Crippen LogP) is 4.92. The summed E-state index contributed by atoms with van der Waals surface area (Å²) in [6.07, 6.45) is 0. The summed E-state index contributed by atoms with van der Waals surface area (Å²) in [7, 11) is 2.93. The molecule has 0 aliphatic heterocycles. The lowest BCUT2D eigenvalue weighted by Gasteiger charge is -2.12. The highest BCUT2D eigenvalue weighted by molar-refractivity contribution is 6.35. The molecule has 0 spiro atoms. The summed E-state index contributed by atoms with van der Waals surface area (Å²) >= 11 is 17.9. The SMILES string of the molecule is COc1cc(C(=O)Nc2cc(Cl)cc(Cl)c2)cc(Cl)c1OC. The van der Waals surface area contributed by atoms with Crippen LogP contribution in [0.2, 0.25) is 15.1 Å². The van der Waals surface area contributed by atoms with Crippen molar-refractivity contribution < 1.29 is 14.3 Å². The van der Waals surface area contributed by atoms with Gasteiger partial charge < -0.3 is 14.8 Å². The van der Waals surface area contributed by atoms with Crippen molar-refractivity contribution in [1.29, 1.82) is 0 Å². The topological polar surface area (TPSA) is 47.6 Å². The second kappa shape index (κ2) is 7.09. The van der Waals surface area contributed by atoms with E-state index in [1.54, 1.807) is 18.2 Å².